The van der Waals surface area contributed by atoms with E-state index in [2.05, 4.69) is 4.98 Å². The van der Waals surface area contributed by atoms with Gasteiger partial charge in [-0.05, 0) is 43.3 Å². The number of hydrogen-bond acceptors (Lipinski definition) is 4. The SMILES string of the molecule is CN(CCCOc1cccc(Cl)c1)C(C(=O)O)c1cccnc1. The molecule has 6 heteroatoms. The molecule has 2 rings (SSSR count). The van der Waals surface area contributed by atoms with Crippen LogP contribution in [0, 0.1) is 0 Å². The highest BCUT2D eigenvalue weighted by molar-refractivity contribution is 6.30. The van der Waals surface area contributed by atoms with E-state index in [9.17, 15) is 9.90 Å². The summed E-state index contributed by atoms with van der Waals surface area (Å²) in [6, 6.07) is 9.99. The van der Waals surface area contributed by atoms with Gasteiger partial charge in [-0.1, -0.05) is 23.7 Å². The van der Waals surface area contributed by atoms with Crippen molar-refractivity contribution in [1.29, 1.82) is 0 Å². The third-order valence-corrected chi connectivity index (χ3v) is 3.63. The van der Waals surface area contributed by atoms with Gasteiger partial charge < -0.3 is 9.84 Å². The van der Waals surface area contributed by atoms with Gasteiger partial charge in [0, 0.05) is 24.0 Å². The van der Waals surface area contributed by atoms with Gasteiger partial charge in [-0.3, -0.25) is 14.7 Å². The minimum Gasteiger partial charge on any atom is -0.493 e. The summed E-state index contributed by atoms with van der Waals surface area (Å²) in [6.07, 6.45) is 3.91. The molecule has 0 bridgehead atoms. The molecule has 122 valence electrons. The van der Waals surface area contributed by atoms with E-state index < -0.39 is 12.0 Å². The molecule has 0 aliphatic carbocycles. The lowest BCUT2D eigenvalue weighted by Gasteiger charge is -2.24. The zero-order chi connectivity index (χ0) is 16.7. The fraction of sp³-hybridized carbons (Fsp3) is 0.294. The van der Waals surface area contributed by atoms with Crippen molar-refractivity contribution in [3.05, 3.63) is 59.4 Å². The second kappa shape index (κ2) is 8.50. The molecule has 5 nitrogen and oxygen atoms in total. The third kappa shape index (κ3) is 5.23. The van der Waals surface area contributed by atoms with E-state index in [0.717, 1.165) is 0 Å². The van der Waals surface area contributed by atoms with Crippen molar-refractivity contribution in [3.63, 3.8) is 0 Å². The van der Waals surface area contributed by atoms with Crippen LogP contribution in [0.25, 0.3) is 0 Å². The van der Waals surface area contributed by atoms with Crippen molar-refractivity contribution in [1.82, 2.24) is 9.88 Å². The molecule has 0 saturated heterocycles. The largest absolute Gasteiger partial charge is 0.493 e. The molecule has 0 aliphatic rings. The monoisotopic (exact) mass is 334 g/mol. The highest BCUT2D eigenvalue weighted by Crippen LogP contribution is 2.20. The molecule has 23 heavy (non-hydrogen) atoms. The van der Waals surface area contributed by atoms with Gasteiger partial charge in [0.1, 0.15) is 11.8 Å². The number of carbonyl (C=O) groups is 1. The molecule has 0 saturated carbocycles. The Bertz CT molecular complexity index is 637. The number of carboxylic acids is 1. The molecule has 1 atom stereocenters. The molecular weight excluding hydrogens is 316 g/mol. The lowest BCUT2D eigenvalue weighted by molar-refractivity contribution is -0.143. The Morgan fingerprint density at radius 1 is 1.39 bits per heavy atom. The molecule has 0 fully saturated rings. The maximum atomic E-state index is 11.5. The number of benzene rings is 1. The average Bonchev–Trinajstić information content (AvgIpc) is 2.52. The number of aromatic nitrogens is 1. The number of likely N-dealkylation sites (N-methyl/N-ethyl adjacent to an activating group) is 1. The smallest absolute Gasteiger partial charge is 0.325 e. The van der Waals surface area contributed by atoms with E-state index in [1.54, 1.807) is 48.6 Å². The molecule has 2 aromatic rings. The average molecular weight is 335 g/mol. The number of hydrogen-bond donors (Lipinski definition) is 1. The summed E-state index contributed by atoms with van der Waals surface area (Å²) in [4.78, 5) is 17.3. The topological polar surface area (TPSA) is 62.7 Å². The Morgan fingerprint density at radius 2 is 2.22 bits per heavy atom. The van der Waals surface area contributed by atoms with Crippen LogP contribution in [0.1, 0.15) is 18.0 Å². The van der Waals surface area contributed by atoms with Crippen LogP contribution in [0.3, 0.4) is 0 Å². The number of halogens is 1. The second-order valence-electron chi connectivity index (χ2n) is 5.17. The van der Waals surface area contributed by atoms with Crippen LogP contribution in [0.5, 0.6) is 5.75 Å². The fourth-order valence-corrected chi connectivity index (χ4v) is 2.49. The number of ether oxygens (including phenoxy) is 1. The molecule has 0 aliphatic heterocycles. The first kappa shape index (κ1) is 17.2. The Balaban J connectivity index is 1.85. The van der Waals surface area contributed by atoms with Crippen molar-refractivity contribution in [2.24, 2.45) is 0 Å². The van der Waals surface area contributed by atoms with Gasteiger partial charge in [-0.15, -0.1) is 0 Å². The molecule has 0 amide bonds. The van der Waals surface area contributed by atoms with Gasteiger partial charge in [-0.2, -0.15) is 0 Å². The molecule has 0 spiro atoms. The predicted molar refractivity (Wildman–Crippen MR) is 88.8 cm³/mol. The minimum absolute atomic E-state index is 0.490. The van der Waals surface area contributed by atoms with E-state index in [0.29, 0.717) is 35.9 Å². The lowest BCUT2D eigenvalue weighted by atomic mass is 10.1. The number of carboxylic acid groups (broad SMARTS) is 1. The molecule has 1 heterocycles. The van der Waals surface area contributed by atoms with Gasteiger partial charge in [0.15, 0.2) is 0 Å². The number of pyridine rings is 1. The normalized spacial score (nSPS) is 12.1. The first-order chi connectivity index (χ1) is 11.1. The summed E-state index contributed by atoms with van der Waals surface area (Å²) >= 11 is 5.89. The number of nitrogens with zero attached hydrogens (tertiary/aromatic N) is 2. The summed E-state index contributed by atoms with van der Waals surface area (Å²) in [5.41, 5.74) is 0.665. The van der Waals surface area contributed by atoms with Gasteiger partial charge in [0.2, 0.25) is 0 Å². The van der Waals surface area contributed by atoms with Crippen LogP contribution in [0.2, 0.25) is 5.02 Å². The zero-order valence-corrected chi connectivity index (χ0v) is 13.6. The summed E-state index contributed by atoms with van der Waals surface area (Å²) in [5, 5.41) is 10.1. The van der Waals surface area contributed by atoms with E-state index >= 15 is 0 Å². The second-order valence-corrected chi connectivity index (χ2v) is 5.60. The van der Waals surface area contributed by atoms with Crippen molar-refractivity contribution in [2.45, 2.75) is 12.5 Å². The number of aliphatic carboxylic acids is 1. The van der Waals surface area contributed by atoms with Crippen molar-refractivity contribution in [3.8, 4) is 5.75 Å². The number of rotatable bonds is 8. The van der Waals surface area contributed by atoms with Crippen LogP contribution < -0.4 is 4.74 Å². The molecule has 0 radical (unpaired) electrons. The fourth-order valence-electron chi connectivity index (χ4n) is 2.31. The molecule has 1 unspecified atom stereocenters. The Morgan fingerprint density at radius 3 is 2.87 bits per heavy atom. The maximum Gasteiger partial charge on any atom is 0.325 e. The standard InChI is InChI=1S/C17H19ClN2O3/c1-20(16(17(21)22)13-5-3-8-19-12-13)9-4-10-23-15-7-2-6-14(18)11-15/h2-3,5-8,11-12,16H,4,9-10H2,1H3,(H,21,22). The molecule has 1 aromatic heterocycles. The Kier molecular flexibility index (Phi) is 6.38. The first-order valence-corrected chi connectivity index (χ1v) is 7.67. The van der Waals surface area contributed by atoms with Crippen molar-refractivity contribution >= 4 is 17.6 Å². The summed E-state index contributed by atoms with van der Waals surface area (Å²) in [6.45, 7) is 1.08. The highest BCUT2D eigenvalue weighted by Gasteiger charge is 2.24. The van der Waals surface area contributed by atoms with Crippen molar-refractivity contribution in [2.75, 3.05) is 20.2 Å². The van der Waals surface area contributed by atoms with Gasteiger partial charge in [0.05, 0.1) is 6.61 Å². The van der Waals surface area contributed by atoms with Gasteiger partial charge >= 0.3 is 5.97 Å². The minimum atomic E-state index is -0.892. The lowest BCUT2D eigenvalue weighted by Crippen LogP contribution is -2.32. The molecule has 1 N–H and O–H groups in total. The molecule has 1 aromatic carbocycles. The van der Waals surface area contributed by atoms with Gasteiger partial charge in [0.25, 0.3) is 0 Å². The van der Waals surface area contributed by atoms with Crippen molar-refractivity contribution < 1.29 is 14.6 Å². The van der Waals surface area contributed by atoms with Gasteiger partial charge in [-0.25, -0.2) is 0 Å². The van der Waals surface area contributed by atoms with Crippen LogP contribution in [0.15, 0.2) is 48.8 Å². The predicted octanol–water partition coefficient (Wildman–Crippen LogP) is 3.26. The Hall–Kier alpha value is -2.11. The van der Waals surface area contributed by atoms with E-state index in [-0.39, 0.29) is 0 Å². The summed E-state index contributed by atoms with van der Waals surface area (Å²) in [7, 11) is 1.78. The van der Waals surface area contributed by atoms with E-state index in [1.807, 2.05) is 12.1 Å². The van der Waals surface area contributed by atoms with E-state index in [1.165, 1.54) is 0 Å². The first-order valence-electron chi connectivity index (χ1n) is 7.29. The third-order valence-electron chi connectivity index (χ3n) is 3.39. The maximum absolute atomic E-state index is 11.5. The van der Waals surface area contributed by atoms with Crippen LogP contribution in [-0.4, -0.2) is 41.2 Å². The Labute approximate surface area is 140 Å². The van der Waals surface area contributed by atoms with E-state index in [4.69, 9.17) is 16.3 Å². The summed E-state index contributed by atoms with van der Waals surface area (Å²) < 4.78 is 5.61. The highest BCUT2D eigenvalue weighted by atomic mass is 35.5. The summed E-state index contributed by atoms with van der Waals surface area (Å²) in [5.74, 6) is -0.182. The zero-order valence-electron chi connectivity index (χ0n) is 12.9. The van der Waals surface area contributed by atoms with Crippen LogP contribution in [0.4, 0.5) is 0 Å². The molecular formula is C17H19ClN2O3. The quantitative estimate of drug-likeness (QED) is 0.751. The van der Waals surface area contributed by atoms with Crippen LogP contribution in [-0.2, 0) is 4.79 Å². The van der Waals surface area contributed by atoms with Crippen LogP contribution >= 0.6 is 11.6 Å².